The summed E-state index contributed by atoms with van der Waals surface area (Å²) in [5.74, 6) is 1.13. The fourth-order valence-electron chi connectivity index (χ4n) is 6.25. The molecule has 4 aliphatic rings. The van der Waals surface area contributed by atoms with Crippen molar-refractivity contribution in [3.8, 4) is 0 Å². The van der Waals surface area contributed by atoms with Crippen molar-refractivity contribution in [2.24, 2.45) is 11.3 Å². The van der Waals surface area contributed by atoms with Crippen LogP contribution in [0, 0.1) is 11.3 Å². The number of aromatic nitrogens is 1. The van der Waals surface area contributed by atoms with Crippen LogP contribution in [0.1, 0.15) is 43.6 Å². The number of benzene rings is 1. The lowest BCUT2D eigenvalue weighted by Gasteiger charge is -2.36. The number of anilines is 1. The summed E-state index contributed by atoms with van der Waals surface area (Å²) in [5, 5.41) is 16.0. The molecule has 3 atom stereocenters. The number of carbonyl (C=O) groups excluding carboxylic acids is 1. The normalized spacial score (nSPS) is 29.5. The van der Waals surface area contributed by atoms with Gasteiger partial charge in [-0.25, -0.2) is 4.98 Å². The Morgan fingerprint density at radius 3 is 2.65 bits per heavy atom. The summed E-state index contributed by atoms with van der Waals surface area (Å²) < 4.78 is 10.9. The molecule has 6 rings (SSSR count). The van der Waals surface area contributed by atoms with Gasteiger partial charge in [-0.1, -0.05) is 11.6 Å². The maximum Gasteiger partial charge on any atom is 0.229 e. The van der Waals surface area contributed by atoms with Gasteiger partial charge in [0.15, 0.2) is 0 Å². The summed E-state index contributed by atoms with van der Waals surface area (Å²) in [6, 6.07) is 6.23. The van der Waals surface area contributed by atoms with E-state index < -0.39 is 0 Å². The zero-order valence-corrected chi connectivity index (χ0v) is 20.1. The van der Waals surface area contributed by atoms with Crippen LogP contribution in [0.5, 0.6) is 0 Å². The topological polar surface area (TPSA) is 83.9 Å². The summed E-state index contributed by atoms with van der Waals surface area (Å²) >= 11 is 6.70. The van der Waals surface area contributed by atoms with E-state index in [-0.39, 0.29) is 29.4 Å². The average molecular weight is 486 g/mol. The number of aliphatic hydroxyl groups is 1. The number of ether oxygens (including phenoxy) is 2. The lowest BCUT2D eigenvalue weighted by Crippen LogP contribution is -2.46. The molecule has 2 aromatic rings. The number of hydrogen-bond donors (Lipinski definition) is 2. The lowest BCUT2D eigenvalue weighted by atomic mass is 9.87. The second-order valence-electron chi connectivity index (χ2n) is 10.5. The third kappa shape index (κ3) is 4.22. The predicted molar refractivity (Wildman–Crippen MR) is 130 cm³/mol. The summed E-state index contributed by atoms with van der Waals surface area (Å²) in [5.41, 5.74) is 1.30. The molecule has 1 saturated carbocycles. The van der Waals surface area contributed by atoms with Crippen molar-refractivity contribution in [2.45, 2.75) is 50.2 Å². The van der Waals surface area contributed by atoms with Gasteiger partial charge >= 0.3 is 0 Å². The molecule has 7 nitrogen and oxygen atoms in total. The lowest BCUT2D eigenvalue weighted by molar-refractivity contribution is -0.118. The van der Waals surface area contributed by atoms with Gasteiger partial charge in [-0.3, -0.25) is 9.69 Å². The fraction of sp³-hybridized carbons (Fsp3) is 0.615. The van der Waals surface area contributed by atoms with Gasteiger partial charge in [0.05, 0.1) is 25.4 Å². The molecule has 1 spiro atoms. The molecule has 8 heteroatoms. The molecule has 182 valence electrons. The maximum absolute atomic E-state index is 12.9. The van der Waals surface area contributed by atoms with Crippen molar-refractivity contribution in [1.82, 2.24) is 9.88 Å². The van der Waals surface area contributed by atoms with E-state index in [2.05, 4.69) is 21.3 Å². The second kappa shape index (κ2) is 9.03. The van der Waals surface area contributed by atoms with Gasteiger partial charge in [0.25, 0.3) is 0 Å². The molecule has 3 aliphatic heterocycles. The monoisotopic (exact) mass is 485 g/mol. The Kier molecular flexibility index (Phi) is 6.02. The van der Waals surface area contributed by atoms with Gasteiger partial charge in [-0.2, -0.15) is 0 Å². The predicted octanol–water partition coefficient (Wildman–Crippen LogP) is 3.58. The molecule has 1 aromatic carbocycles. The molecule has 1 amide bonds. The molecule has 3 saturated heterocycles. The van der Waals surface area contributed by atoms with E-state index in [1.807, 2.05) is 12.1 Å². The average Bonchev–Trinajstić information content (AvgIpc) is 3.36. The van der Waals surface area contributed by atoms with Gasteiger partial charge in [-0.05, 0) is 85.7 Å². The standard InChI is InChI=1S/C26H32ClN3O4/c27-21-10-18-13-28-24(29-25(32)20-12-26(20)3-7-33-8-4-26)11-17(18)9-19(21)16-1-5-30(6-2-16)22-14-34-15-23(22)31/h9-11,13,16,20,22-23,31H,1-8,12,14-15H2,(H,28,29,32)/t20-,22-,23+/m1/s1. The Balaban J connectivity index is 1.15. The molecule has 34 heavy (non-hydrogen) atoms. The van der Waals surface area contributed by atoms with Crippen molar-refractivity contribution in [3.05, 3.63) is 35.0 Å². The Bertz CT molecular complexity index is 1080. The van der Waals surface area contributed by atoms with E-state index in [0.29, 0.717) is 24.9 Å². The number of hydrogen-bond acceptors (Lipinski definition) is 6. The number of fused-ring (bicyclic) bond motifs is 1. The molecule has 0 radical (unpaired) electrons. The van der Waals surface area contributed by atoms with E-state index in [1.54, 1.807) is 6.20 Å². The van der Waals surface area contributed by atoms with Crippen molar-refractivity contribution < 1.29 is 19.4 Å². The van der Waals surface area contributed by atoms with Crippen LogP contribution in [0.25, 0.3) is 10.8 Å². The Hall–Kier alpha value is -1.77. The van der Waals surface area contributed by atoms with Gasteiger partial charge < -0.3 is 19.9 Å². The SMILES string of the molecule is O=C(Nc1cc2cc(C3CCN([C@@H]4COC[C@@H]4O)CC3)c(Cl)cc2cn1)[C@H]1CC12CCOCC2. The summed E-state index contributed by atoms with van der Waals surface area (Å²) in [6.07, 6.45) is 6.31. The van der Waals surface area contributed by atoms with Crippen molar-refractivity contribution in [1.29, 1.82) is 0 Å². The number of nitrogens with one attached hydrogen (secondary N) is 1. The highest BCUT2D eigenvalue weighted by Crippen LogP contribution is 2.59. The van der Waals surface area contributed by atoms with E-state index in [4.69, 9.17) is 21.1 Å². The van der Waals surface area contributed by atoms with E-state index in [9.17, 15) is 9.90 Å². The van der Waals surface area contributed by atoms with Crippen LogP contribution in [0.15, 0.2) is 24.4 Å². The number of piperidine rings is 1. The minimum Gasteiger partial charge on any atom is -0.389 e. The molecule has 1 aromatic heterocycles. The van der Waals surface area contributed by atoms with Crippen LogP contribution in [0.3, 0.4) is 0 Å². The van der Waals surface area contributed by atoms with Gasteiger partial charge in [0, 0.05) is 35.7 Å². The highest BCUT2D eigenvalue weighted by molar-refractivity contribution is 6.32. The van der Waals surface area contributed by atoms with Crippen molar-refractivity contribution in [2.75, 3.05) is 44.8 Å². The minimum absolute atomic E-state index is 0.0728. The van der Waals surface area contributed by atoms with Crippen molar-refractivity contribution in [3.63, 3.8) is 0 Å². The van der Waals surface area contributed by atoms with Crippen LogP contribution < -0.4 is 5.32 Å². The van der Waals surface area contributed by atoms with E-state index in [1.165, 1.54) is 0 Å². The van der Waals surface area contributed by atoms with Gasteiger partial charge in [0.2, 0.25) is 5.91 Å². The highest BCUT2D eigenvalue weighted by Gasteiger charge is 2.58. The maximum atomic E-state index is 12.9. The summed E-state index contributed by atoms with van der Waals surface area (Å²) in [6.45, 7) is 4.42. The largest absolute Gasteiger partial charge is 0.389 e. The molecule has 4 heterocycles. The van der Waals surface area contributed by atoms with Crippen LogP contribution in [-0.4, -0.2) is 72.6 Å². The second-order valence-corrected chi connectivity index (χ2v) is 10.9. The molecule has 0 bridgehead atoms. The number of likely N-dealkylation sites (tertiary alicyclic amines) is 1. The van der Waals surface area contributed by atoms with Crippen LogP contribution in [0.2, 0.25) is 5.02 Å². The molecule has 2 N–H and O–H groups in total. The van der Waals surface area contributed by atoms with Gasteiger partial charge in [-0.15, -0.1) is 0 Å². The van der Waals surface area contributed by atoms with E-state index >= 15 is 0 Å². The fourth-order valence-corrected chi connectivity index (χ4v) is 6.58. The minimum atomic E-state index is -0.390. The number of rotatable bonds is 4. The first-order chi connectivity index (χ1) is 16.5. The quantitative estimate of drug-likeness (QED) is 0.688. The van der Waals surface area contributed by atoms with Gasteiger partial charge in [0.1, 0.15) is 5.82 Å². The first-order valence-electron chi connectivity index (χ1n) is 12.5. The number of nitrogens with zero attached hydrogens (tertiary/aromatic N) is 2. The third-order valence-electron chi connectivity index (χ3n) is 8.54. The van der Waals surface area contributed by atoms with Crippen LogP contribution in [0.4, 0.5) is 5.82 Å². The first-order valence-corrected chi connectivity index (χ1v) is 12.9. The van der Waals surface area contributed by atoms with E-state index in [0.717, 1.165) is 79.8 Å². The zero-order chi connectivity index (χ0) is 23.3. The molecule has 0 unspecified atom stereocenters. The zero-order valence-electron chi connectivity index (χ0n) is 19.3. The highest BCUT2D eigenvalue weighted by atomic mass is 35.5. The number of amides is 1. The third-order valence-corrected chi connectivity index (χ3v) is 8.87. The molecular weight excluding hydrogens is 454 g/mol. The van der Waals surface area contributed by atoms with Crippen LogP contribution >= 0.6 is 11.6 Å². The Labute approximate surface area is 204 Å². The smallest absolute Gasteiger partial charge is 0.229 e. The van der Waals surface area contributed by atoms with Crippen molar-refractivity contribution >= 4 is 34.1 Å². The first kappa shape index (κ1) is 22.7. The molecule has 4 fully saturated rings. The Morgan fingerprint density at radius 2 is 1.91 bits per heavy atom. The summed E-state index contributed by atoms with van der Waals surface area (Å²) in [7, 11) is 0. The number of carbonyl (C=O) groups is 1. The summed E-state index contributed by atoms with van der Waals surface area (Å²) in [4.78, 5) is 19.7. The number of pyridine rings is 1. The number of halogens is 1. The van der Waals surface area contributed by atoms with Crippen LogP contribution in [-0.2, 0) is 14.3 Å². The number of aliphatic hydroxyl groups excluding tert-OH is 1. The molecular formula is C26H32ClN3O4. The molecule has 1 aliphatic carbocycles. The Morgan fingerprint density at radius 1 is 1.12 bits per heavy atom.